The lowest BCUT2D eigenvalue weighted by atomic mass is 9.94. The molecule has 4 heteroatoms. The Morgan fingerprint density at radius 2 is 1.94 bits per heavy atom. The van der Waals surface area contributed by atoms with Crippen LogP contribution in [0.5, 0.6) is 0 Å². The summed E-state index contributed by atoms with van der Waals surface area (Å²) in [6.45, 7) is 2.08. The topological polar surface area (TPSA) is 58.4 Å². The quantitative estimate of drug-likeness (QED) is 0.712. The smallest absolute Gasteiger partial charge is 0.222 e. The van der Waals surface area contributed by atoms with Crippen molar-refractivity contribution in [2.24, 2.45) is 11.7 Å². The molecule has 2 unspecified atom stereocenters. The first-order valence-corrected chi connectivity index (χ1v) is 6.43. The predicted octanol–water partition coefficient (Wildman–Crippen LogP) is 0.324. The fourth-order valence-corrected chi connectivity index (χ4v) is 3.12. The first kappa shape index (κ1) is 11.9. The van der Waals surface area contributed by atoms with Crippen LogP contribution in [0.3, 0.4) is 0 Å². The number of piperidine rings is 1. The van der Waals surface area contributed by atoms with Gasteiger partial charge in [0.15, 0.2) is 0 Å². The van der Waals surface area contributed by atoms with E-state index in [-0.39, 0.29) is 11.8 Å². The van der Waals surface area contributed by atoms with Crippen molar-refractivity contribution in [1.29, 1.82) is 0 Å². The molecule has 1 saturated carbocycles. The summed E-state index contributed by atoms with van der Waals surface area (Å²) in [6.07, 6.45) is 5.65. The number of nitrogens with one attached hydrogen (secondary N) is 1. The minimum atomic E-state index is 0.204. The molecule has 2 aliphatic rings. The molecule has 0 bridgehead atoms. The molecule has 2 rings (SSSR count). The lowest BCUT2D eigenvalue weighted by Crippen LogP contribution is -2.49. The van der Waals surface area contributed by atoms with E-state index in [0.29, 0.717) is 12.1 Å². The zero-order chi connectivity index (χ0) is 11.5. The molecule has 1 aliphatic carbocycles. The third-order valence-electron chi connectivity index (χ3n) is 4.15. The van der Waals surface area contributed by atoms with E-state index >= 15 is 0 Å². The van der Waals surface area contributed by atoms with Crippen molar-refractivity contribution < 1.29 is 4.79 Å². The third kappa shape index (κ3) is 2.38. The SMILES string of the molecule is CNC(=O)C1CCN(C2CCCC2N)CC1. The summed E-state index contributed by atoms with van der Waals surface area (Å²) in [5.74, 6) is 0.425. The highest BCUT2D eigenvalue weighted by Crippen LogP contribution is 2.27. The summed E-state index contributed by atoms with van der Waals surface area (Å²) in [6, 6.07) is 0.933. The second kappa shape index (κ2) is 5.15. The Balaban J connectivity index is 1.83. The molecule has 2 atom stereocenters. The van der Waals surface area contributed by atoms with Crippen LogP contribution in [0, 0.1) is 5.92 Å². The summed E-state index contributed by atoms with van der Waals surface area (Å²) in [5.41, 5.74) is 6.11. The summed E-state index contributed by atoms with van der Waals surface area (Å²) in [5, 5.41) is 2.75. The van der Waals surface area contributed by atoms with Gasteiger partial charge in [0.1, 0.15) is 0 Å². The number of rotatable bonds is 2. The van der Waals surface area contributed by atoms with Crippen LogP contribution in [-0.2, 0) is 4.79 Å². The highest BCUT2D eigenvalue weighted by Gasteiger charge is 2.33. The van der Waals surface area contributed by atoms with Gasteiger partial charge in [-0.1, -0.05) is 6.42 Å². The molecule has 0 radical (unpaired) electrons. The number of hydrogen-bond acceptors (Lipinski definition) is 3. The van der Waals surface area contributed by atoms with Gasteiger partial charge in [0.05, 0.1) is 0 Å². The Labute approximate surface area is 97.6 Å². The van der Waals surface area contributed by atoms with Gasteiger partial charge >= 0.3 is 0 Å². The van der Waals surface area contributed by atoms with Crippen molar-refractivity contribution in [1.82, 2.24) is 10.2 Å². The van der Waals surface area contributed by atoms with Gasteiger partial charge in [-0.3, -0.25) is 9.69 Å². The Morgan fingerprint density at radius 1 is 1.25 bits per heavy atom. The van der Waals surface area contributed by atoms with E-state index in [1.54, 1.807) is 7.05 Å². The van der Waals surface area contributed by atoms with Crippen LogP contribution in [0.25, 0.3) is 0 Å². The zero-order valence-electron chi connectivity index (χ0n) is 10.1. The van der Waals surface area contributed by atoms with Crippen molar-refractivity contribution in [3.05, 3.63) is 0 Å². The van der Waals surface area contributed by atoms with Crippen LogP contribution >= 0.6 is 0 Å². The predicted molar refractivity (Wildman–Crippen MR) is 64.0 cm³/mol. The van der Waals surface area contributed by atoms with Crippen LogP contribution in [0.4, 0.5) is 0 Å². The Kier molecular flexibility index (Phi) is 3.82. The van der Waals surface area contributed by atoms with Crippen molar-refractivity contribution >= 4 is 5.91 Å². The lowest BCUT2D eigenvalue weighted by molar-refractivity contribution is -0.126. The van der Waals surface area contributed by atoms with Crippen molar-refractivity contribution in [2.45, 2.75) is 44.2 Å². The van der Waals surface area contributed by atoms with Crippen LogP contribution in [0.15, 0.2) is 0 Å². The van der Waals surface area contributed by atoms with Crippen LogP contribution in [0.2, 0.25) is 0 Å². The monoisotopic (exact) mass is 225 g/mol. The highest BCUT2D eigenvalue weighted by molar-refractivity contribution is 5.78. The molecule has 0 spiro atoms. The largest absolute Gasteiger partial charge is 0.359 e. The Morgan fingerprint density at radius 3 is 2.44 bits per heavy atom. The second-order valence-electron chi connectivity index (χ2n) is 5.09. The lowest BCUT2D eigenvalue weighted by Gasteiger charge is -2.37. The summed E-state index contributed by atoms with van der Waals surface area (Å²) in [4.78, 5) is 14.0. The van der Waals surface area contributed by atoms with Crippen molar-refractivity contribution in [3.63, 3.8) is 0 Å². The van der Waals surface area contributed by atoms with E-state index in [2.05, 4.69) is 10.2 Å². The molecule has 0 aromatic carbocycles. The Bertz CT molecular complexity index is 249. The van der Waals surface area contributed by atoms with E-state index in [1.807, 2.05) is 0 Å². The highest BCUT2D eigenvalue weighted by atomic mass is 16.1. The fraction of sp³-hybridized carbons (Fsp3) is 0.917. The molecule has 16 heavy (non-hydrogen) atoms. The zero-order valence-corrected chi connectivity index (χ0v) is 10.1. The molecular weight excluding hydrogens is 202 g/mol. The van der Waals surface area contributed by atoms with Crippen LogP contribution in [0.1, 0.15) is 32.1 Å². The average molecular weight is 225 g/mol. The first-order chi connectivity index (χ1) is 7.72. The van der Waals surface area contributed by atoms with E-state index in [0.717, 1.165) is 25.9 Å². The third-order valence-corrected chi connectivity index (χ3v) is 4.15. The molecule has 3 N–H and O–H groups in total. The van der Waals surface area contributed by atoms with Crippen LogP contribution in [-0.4, -0.2) is 43.0 Å². The van der Waals surface area contributed by atoms with Gasteiger partial charge in [-0.25, -0.2) is 0 Å². The van der Waals surface area contributed by atoms with E-state index in [1.165, 1.54) is 19.3 Å². The van der Waals surface area contributed by atoms with Crippen molar-refractivity contribution in [2.75, 3.05) is 20.1 Å². The molecular formula is C12H23N3O. The number of nitrogens with zero attached hydrogens (tertiary/aromatic N) is 1. The average Bonchev–Trinajstić information content (AvgIpc) is 2.75. The van der Waals surface area contributed by atoms with Gasteiger partial charge in [-0.05, 0) is 38.8 Å². The Hall–Kier alpha value is -0.610. The van der Waals surface area contributed by atoms with Gasteiger partial charge < -0.3 is 11.1 Å². The summed E-state index contributed by atoms with van der Waals surface area (Å²) < 4.78 is 0. The van der Waals surface area contributed by atoms with Crippen molar-refractivity contribution in [3.8, 4) is 0 Å². The number of carbonyl (C=O) groups is 1. The molecule has 0 aromatic heterocycles. The number of likely N-dealkylation sites (tertiary alicyclic amines) is 1. The minimum absolute atomic E-state index is 0.204. The fourth-order valence-electron chi connectivity index (χ4n) is 3.12. The second-order valence-corrected chi connectivity index (χ2v) is 5.09. The van der Waals surface area contributed by atoms with Gasteiger partial charge in [0.25, 0.3) is 0 Å². The molecule has 1 saturated heterocycles. The summed E-state index contributed by atoms with van der Waals surface area (Å²) >= 11 is 0. The molecule has 1 amide bonds. The van der Waals surface area contributed by atoms with Gasteiger partial charge in [-0.2, -0.15) is 0 Å². The normalized spacial score (nSPS) is 32.9. The maximum Gasteiger partial charge on any atom is 0.222 e. The van der Waals surface area contributed by atoms with E-state index in [4.69, 9.17) is 5.73 Å². The molecule has 1 aliphatic heterocycles. The van der Waals surface area contributed by atoms with Gasteiger partial charge in [-0.15, -0.1) is 0 Å². The number of hydrogen-bond donors (Lipinski definition) is 2. The van der Waals surface area contributed by atoms with Gasteiger partial charge in [0.2, 0.25) is 5.91 Å². The standard InChI is InChI=1S/C12H23N3O/c1-14-12(16)9-5-7-15(8-6-9)11-4-2-3-10(11)13/h9-11H,2-8,13H2,1H3,(H,14,16). The maximum atomic E-state index is 11.5. The minimum Gasteiger partial charge on any atom is -0.359 e. The molecule has 0 aromatic rings. The number of carbonyl (C=O) groups excluding carboxylic acids is 1. The maximum absolute atomic E-state index is 11.5. The van der Waals surface area contributed by atoms with Gasteiger partial charge in [0, 0.05) is 25.0 Å². The molecule has 1 heterocycles. The summed E-state index contributed by atoms with van der Waals surface area (Å²) in [7, 11) is 1.72. The first-order valence-electron chi connectivity index (χ1n) is 6.43. The number of nitrogens with two attached hydrogens (primary N) is 1. The molecule has 92 valence electrons. The van der Waals surface area contributed by atoms with E-state index in [9.17, 15) is 4.79 Å². The molecule has 2 fully saturated rings. The molecule has 4 nitrogen and oxygen atoms in total. The van der Waals surface area contributed by atoms with E-state index < -0.39 is 0 Å². The number of amides is 1. The van der Waals surface area contributed by atoms with Crippen LogP contribution < -0.4 is 11.1 Å².